The Kier molecular flexibility index (Phi) is 5.22. The molecular formula is C11H21NO2Si. The average Bonchev–Trinajstić information content (AvgIpc) is 2.10. The summed E-state index contributed by atoms with van der Waals surface area (Å²) in [6, 6.07) is 2.03. The van der Waals surface area contributed by atoms with E-state index in [1.807, 2.05) is 6.07 Å². The van der Waals surface area contributed by atoms with Gasteiger partial charge in [-0.15, -0.1) is 0 Å². The van der Waals surface area contributed by atoms with Gasteiger partial charge in [-0.3, -0.25) is 0 Å². The first kappa shape index (κ1) is 14.4. The lowest BCUT2D eigenvalue weighted by atomic mass is 10.2. The fraction of sp³-hybridized carbons (Fsp3) is 0.727. The van der Waals surface area contributed by atoms with Gasteiger partial charge in [0.15, 0.2) is 8.32 Å². The van der Waals surface area contributed by atoms with Crippen LogP contribution < -0.4 is 0 Å². The van der Waals surface area contributed by atoms with Crippen molar-refractivity contribution in [2.75, 3.05) is 13.2 Å². The first-order chi connectivity index (χ1) is 6.74. The first-order valence-corrected chi connectivity index (χ1v) is 7.99. The number of hydrogen-bond acceptors (Lipinski definition) is 3. The maximum Gasteiger partial charge on any atom is 0.192 e. The fourth-order valence-electron chi connectivity index (χ4n) is 0.722. The van der Waals surface area contributed by atoms with Gasteiger partial charge < -0.3 is 9.53 Å². The van der Waals surface area contributed by atoms with Crippen LogP contribution in [-0.4, -0.2) is 26.6 Å². The Morgan fingerprint density at radius 2 is 2.00 bits per heavy atom. The highest BCUT2D eigenvalue weighted by atomic mass is 28.4. The van der Waals surface area contributed by atoms with Crippen molar-refractivity contribution in [2.45, 2.75) is 38.9 Å². The molecule has 0 aromatic heterocycles. The molecule has 0 rings (SSSR count). The summed E-state index contributed by atoms with van der Waals surface area (Å²) < 4.78 is 5.84. The van der Waals surface area contributed by atoms with Gasteiger partial charge in [0.25, 0.3) is 0 Å². The van der Waals surface area contributed by atoms with Gasteiger partial charge in [0.05, 0.1) is 24.9 Å². The van der Waals surface area contributed by atoms with E-state index in [9.17, 15) is 0 Å². The molecule has 15 heavy (non-hydrogen) atoms. The first-order valence-electron chi connectivity index (χ1n) is 5.08. The summed E-state index contributed by atoms with van der Waals surface area (Å²) in [6.07, 6.45) is 1.49. The summed E-state index contributed by atoms with van der Waals surface area (Å²) >= 11 is 0. The molecule has 0 aliphatic heterocycles. The van der Waals surface area contributed by atoms with Gasteiger partial charge in [-0.2, -0.15) is 5.26 Å². The number of aliphatic hydroxyl groups is 1. The van der Waals surface area contributed by atoms with Gasteiger partial charge in [-0.25, -0.2) is 0 Å². The molecule has 3 nitrogen and oxygen atoms in total. The molecular weight excluding hydrogens is 206 g/mol. The third-order valence-electron chi connectivity index (χ3n) is 2.88. The Morgan fingerprint density at radius 1 is 1.47 bits per heavy atom. The van der Waals surface area contributed by atoms with Crippen molar-refractivity contribution in [3.05, 3.63) is 11.6 Å². The number of nitrogens with zero attached hydrogens (tertiary/aromatic N) is 1. The molecule has 86 valence electrons. The van der Waals surface area contributed by atoms with Crippen LogP contribution in [0.15, 0.2) is 11.6 Å². The van der Waals surface area contributed by atoms with Gasteiger partial charge in [0.2, 0.25) is 0 Å². The highest BCUT2D eigenvalue weighted by Gasteiger charge is 2.37. The lowest BCUT2D eigenvalue weighted by molar-refractivity contribution is 0.315. The molecule has 0 amide bonds. The smallest absolute Gasteiger partial charge is 0.192 e. The topological polar surface area (TPSA) is 53.2 Å². The third-order valence-corrected chi connectivity index (χ3v) is 7.35. The molecule has 0 atom stereocenters. The second-order valence-corrected chi connectivity index (χ2v) is 9.88. The zero-order chi connectivity index (χ0) is 12.1. The summed E-state index contributed by atoms with van der Waals surface area (Å²) in [6.45, 7) is 10.9. The Morgan fingerprint density at radius 3 is 2.33 bits per heavy atom. The number of hydrogen-bond donors (Lipinski definition) is 1. The van der Waals surface area contributed by atoms with E-state index in [2.05, 4.69) is 33.9 Å². The summed E-state index contributed by atoms with van der Waals surface area (Å²) in [5, 5.41) is 17.6. The second kappa shape index (κ2) is 5.45. The quantitative estimate of drug-likeness (QED) is 0.593. The van der Waals surface area contributed by atoms with Crippen LogP contribution in [0.2, 0.25) is 18.1 Å². The van der Waals surface area contributed by atoms with E-state index in [1.165, 1.54) is 6.08 Å². The van der Waals surface area contributed by atoms with Gasteiger partial charge in [-0.05, 0) is 24.2 Å². The highest BCUT2D eigenvalue weighted by molar-refractivity contribution is 6.74. The Balaban J connectivity index is 4.40. The highest BCUT2D eigenvalue weighted by Crippen LogP contribution is 2.36. The van der Waals surface area contributed by atoms with E-state index in [0.717, 1.165) is 0 Å². The van der Waals surface area contributed by atoms with Crippen molar-refractivity contribution in [2.24, 2.45) is 0 Å². The van der Waals surface area contributed by atoms with Gasteiger partial charge in [-0.1, -0.05) is 20.8 Å². The molecule has 0 radical (unpaired) electrons. The number of nitriles is 1. The zero-order valence-electron chi connectivity index (χ0n) is 10.3. The summed E-state index contributed by atoms with van der Waals surface area (Å²) in [4.78, 5) is 0. The van der Waals surface area contributed by atoms with E-state index in [-0.39, 0.29) is 11.6 Å². The van der Waals surface area contributed by atoms with E-state index < -0.39 is 8.32 Å². The lowest BCUT2D eigenvalue weighted by Crippen LogP contribution is -2.41. The molecule has 0 heterocycles. The van der Waals surface area contributed by atoms with Gasteiger partial charge in [0, 0.05) is 0 Å². The Bertz CT molecular complexity index is 271. The van der Waals surface area contributed by atoms with Crippen molar-refractivity contribution >= 4 is 8.32 Å². The SMILES string of the molecule is CC(C)(C)[Si](C)(C)OC/C(C#N)=C/CO. The molecule has 0 fully saturated rings. The van der Waals surface area contributed by atoms with E-state index in [4.69, 9.17) is 14.8 Å². The van der Waals surface area contributed by atoms with E-state index in [1.54, 1.807) is 0 Å². The van der Waals surface area contributed by atoms with Crippen LogP contribution in [-0.2, 0) is 4.43 Å². The van der Waals surface area contributed by atoms with Crippen molar-refractivity contribution in [1.82, 2.24) is 0 Å². The monoisotopic (exact) mass is 227 g/mol. The van der Waals surface area contributed by atoms with Crippen LogP contribution in [0.5, 0.6) is 0 Å². The molecule has 0 aromatic rings. The Hall–Kier alpha value is -0.633. The van der Waals surface area contributed by atoms with Crippen LogP contribution in [0.1, 0.15) is 20.8 Å². The van der Waals surface area contributed by atoms with E-state index in [0.29, 0.717) is 12.2 Å². The van der Waals surface area contributed by atoms with Crippen LogP contribution in [0.4, 0.5) is 0 Å². The summed E-state index contributed by atoms with van der Waals surface area (Å²) in [7, 11) is -1.79. The van der Waals surface area contributed by atoms with Crippen molar-refractivity contribution in [3.63, 3.8) is 0 Å². The lowest BCUT2D eigenvalue weighted by Gasteiger charge is -2.36. The standard InChI is InChI=1S/C11H21NO2Si/c1-11(2,3)15(4,5)14-9-10(8-12)6-7-13/h6,13H,7,9H2,1-5H3/b10-6+. The predicted molar refractivity (Wildman–Crippen MR) is 63.9 cm³/mol. The molecule has 0 bridgehead atoms. The second-order valence-electron chi connectivity index (χ2n) is 5.07. The maximum atomic E-state index is 8.76. The Labute approximate surface area is 93.5 Å². The molecule has 0 aliphatic rings. The van der Waals surface area contributed by atoms with E-state index >= 15 is 0 Å². The number of aliphatic hydroxyl groups excluding tert-OH is 1. The van der Waals surface area contributed by atoms with Crippen molar-refractivity contribution in [1.29, 1.82) is 5.26 Å². The molecule has 0 spiro atoms. The largest absolute Gasteiger partial charge is 0.412 e. The van der Waals surface area contributed by atoms with Crippen LogP contribution >= 0.6 is 0 Å². The predicted octanol–water partition coefficient (Wildman–Crippen LogP) is 2.45. The van der Waals surface area contributed by atoms with Gasteiger partial charge >= 0.3 is 0 Å². The minimum Gasteiger partial charge on any atom is -0.412 e. The molecule has 4 heteroatoms. The van der Waals surface area contributed by atoms with Gasteiger partial charge in [0.1, 0.15) is 0 Å². The normalized spacial score (nSPS) is 13.8. The molecule has 0 saturated carbocycles. The van der Waals surface area contributed by atoms with Crippen molar-refractivity contribution in [3.8, 4) is 6.07 Å². The summed E-state index contributed by atoms with van der Waals surface area (Å²) in [5.41, 5.74) is 0.502. The molecule has 1 N–H and O–H groups in total. The zero-order valence-corrected chi connectivity index (χ0v) is 11.3. The van der Waals surface area contributed by atoms with Crippen LogP contribution in [0.3, 0.4) is 0 Å². The molecule has 0 aliphatic carbocycles. The van der Waals surface area contributed by atoms with Crippen LogP contribution in [0.25, 0.3) is 0 Å². The summed E-state index contributed by atoms with van der Waals surface area (Å²) in [5.74, 6) is 0. The average molecular weight is 227 g/mol. The molecule has 0 saturated heterocycles. The van der Waals surface area contributed by atoms with Crippen molar-refractivity contribution < 1.29 is 9.53 Å². The third kappa shape index (κ3) is 4.60. The minimum atomic E-state index is -1.79. The van der Waals surface area contributed by atoms with Crippen LogP contribution in [0, 0.1) is 11.3 Å². The molecule has 0 aromatic carbocycles. The number of rotatable bonds is 4. The fourth-order valence-corrected chi connectivity index (χ4v) is 1.67. The maximum absolute atomic E-state index is 8.76. The minimum absolute atomic E-state index is 0.107. The molecule has 0 unspecified atom stereocenters.